The van der Waals surface area contributed by atoms with Gasteiger partial charge in [-0.15, -0.1) is 0 Å². The molecule has 29 heavy (non-hydrogen) atoms. The van der Waals surface area contributed by atoms with E-state index in [0.717, 1.165) is 4.90 Å². The van der Waals surface area contributed by atoms with Crippen molar-refractivity contribution >= 4 is 29.3 Å². The van der Waals surface area contributed by atoms with Gasteiger partial charge in [0.1, 0.15) is 5.75 Å². The lowest BCUT2D eigenvalue weighted by atomic mass is 10.2. The molecule has 2 amide bonds. The number of primary amides is 1. The maximum atomic E-state index is 12.6. The summed E-state index contributed by atoms with van der Waals surface area (Å²) in [5.74, 6) is -0.609. The number of hydrogen-bond donors (Lipinski definition) is 2. The number of nitrogens with one attached hydrogen (secondary N) is 1. The van der Waals surface area contributed by atoms with Crippen molar-refractivity contribution in [1.82, 2.24) is 0 Å². The van der Waals surface area contributed by atoms with Gasteiger partial charge >= 0.3 is 0 Å². The molecule has 148 valence electrons. The number of benzene rings is 3. The Labute approximate surface area is 174 Å². The molecule has 5 nitrogen and oxygen atoms in total. The smallest absolute Gasteiger partial charge is 0.259 e. The van der Waals surface area contributed by atoms with Crippen LogP contribution in [-0.2, 0) is 4.79 Å². The molecule has 0 fully saturated rings. The zero-order valence-corrected chi connectivity index (χ0v) is 17.1. The lowest BCUT2D eigenvalue weighted by molar-refractivity contribution is -0.119. The number of carbonyl (C=O) groups excluding carboxylic acids is 2. The van der Waals surface area contributed by atoms with Crippen LogP contribution in [0.1, 0.15) is 21.5 Å². The minimum Gasteiger partial charge on any atom is -0.483 e. The molecule has 3 aromatic rings. The van der Waals surface area contributed by atoms with Crippen molar-refractivity contribution in [3.8, 4) is 5.75 Å². The number of amides is 2. The van der Waals surface area contributed by atoms with Crippen molar-refractivity contribution in [3.05, 3.63) is 83.4 Å². The van der Waals surface area contributed by atoms with Crippen LogP contribution >= 0.6 is 11.8 Å². The van der Waals surface area contributed by atoms with E-state index < -0.39 is 5.91 Å². The molecule has 0 unspecified atom stereocenters. The lowest BCUT2D eigenvalue weighted by Gasteiger charge is -2.11. The minimum atomic E-state index is -0.600. The summed E-state index contributed by atoms with van der Waals surface area (Å²) in [7, 11) is 0. The Kier molecular flexibility index (Phi) is 6.57. The SMILES string of the molecule is Cc1ccc(Sc2ccc(NC(=O)c3ccccc3OCC(N)=O)cc2)c(C)c1. The number of carbonyl (C=O) groups is 2. The zero-order chi connectivity index (χ0) is 20.8. The lowest BCUT2D eigenvalue weighted by Crippen LogP contribution is -2.21. The second-order valence-electron chi connectivity index (χ2n) is 6.60. The normalized spacial score (nSPS) is 10.4. The van der Waals surface area contributed by atoms with Gasteiger partial charge in [-0.25, -0.2) is 0 Å². The molecule has 0 bridgehead atoms. The van der Waals surface area contributed by atoms with Gasteiger partial charge in [-0.3, -0.25) is 9.59 Å². The van der Waals surface area contributed by atoms with E-state index in [1.54, 1.807) is 36.0 Å². The summed E-state index contributed by atoms with van der Waals surface area (Å²) in [6.45, 7) is 3.90. The average molecular weight is 407 g/mol. The van der Waals surface area contributed by atoms with Crippen molar-refractivity contribution in [2.24, 2.45) is 5.73 Å². The quantitative estimate of drug-likeness (QED) is 0.602. The van der Waals surface area contributed by atoms with Crippen LogP contribution in [0.3, 0.4) is 0 Å². The Bertz CT molecular complexity index is 1030. The zero-order valence-electron chi connectivity index (χ0n) is 16.3. The summed E-state index contributed by atoms with van der Waals surface area (Å²) < 4.78 is 5.32. The third kappa shape index (κ3) is 5.62. The van der Waals surface area contributed by atoms with Gasteiger partial charge in [-0.1, -0.05) is 41.6 Å². The van der Waals surface area contributed by atoms with Gasteiger partial charge in [0.05, 0.1) is 5.56 Å². The number of rotatable bonds is 7. The number of nitrogens with two attached hydrogens (primary N) is 1. The standard InChI is InChI=1S/C23H22N2O3S/c1-15-7-12-21(16(2)13-15)29-18-10-8-17(9-11-18)25-23(27)19-5-3-4-6-20(19)28-14-22(24)26/h3-13H,14H2,1-2H3,(H2,24,26)(H,25,27). The number of hydrogen-bond acceptors (Lipinski definition) is 4. The molecule has 3 N–H and O–H groups in total. The highest BCUT2D eigenvalue weighted by atomic mass is 32.2. The minimum absolute atomic E-state index is 0.283. The van der Waals surface area contributed by atoms with Crippen molar-refractivity contribution in [3.63, 3.8) is 0 Å². The van der Waals surface area contributed by atoms with Gasteiger partial charge in [0.2, 0.25) is 0 Å². The Hall–Kier alpha value is -3.25. The summed E-state index contributed by atoms with van der Waals surface area (Å²) in [4.78, 5) is 25.8. The molecular weight excluding hydrogens is 384 g/mol. The Morgan fingerprint density at radius 2 is 1.72 bits per heavy atom. The van der Waals surface area contributed by atoms with Gasteiger partial charge < -0.3 is 15.8 Å². The monoisotopic (exact) mass is 406 g/mol. The Morgan fingerprint density at radius 1 is 1.00 bits per heavy atom. The molecular formula is C23H22N2O3S. The predicted octanol–water partition coefficient (Wildman–Crippen LogP) is 4.57. The van der Waals surface area contributed by atoms with Crippen LogP contribution in [-0.4, -0.2) is 18.4 Å². The second kappa shape index (κ2) is 9.30. The van der Waals surface area contributed by atoms with Crippen molar-refractivity contribution in [2.45, 2.75) is 23.6 Å². The van der Waals surface area contributed by atoms with Gasteiger partial charge in [0, 0.05) is 15.5 Å². The fourth-order valence-electron chi connectivity index (χ4n) is 2.77. The first-order valence-electron chi connectivity index (χ1n) is 9.09. The van der Waals surface area contributed by atoms with Crippen LogP contribution in [0.5, 0.6) is 5.75 Å². The molecule has 0 heterocycles. The van der Waals surface area contributed by atoms with Gasteiger partial charge in [0.25, 0.3) is 11.8 Å². The fourth-order valence-corrected chi connectivity index (χ4v) is 3.66. The van der Waals surface area contributed by atoms with Gasteiger partial charge in [-0.2, -0.15) is 0 Å². The molecule has 0 aliphatic heterocycles. The number of anilines is 1. The molecule has 0 atom stereocenters. The molecule has 0 radical (unpaired) electrons. The van der Waals surface area contributed by atoms with Crippen LogP contribution in [0.15, 0.2) is 76.5 Å². The van der Waals surface area contributed by atoms with E-state index in [4.69, 9.17) is 10.5 Å². The maximum absolute atomic E-state index is 12.6. The van der Waals surface area contributed by atoms with E-state index in [2.05, 4.69) is 37.4 Å². The van der Waals surface area contributed by atoms with E-state index in [1.165, 1.54) is 16.0 Å². The summed E-state index contributed by atoms with van der Waals surface area (Å²) in [6, 6.07) is 20.8. The van der Waals surface area contributed by atoms with Crippen molar-refractivity contribution in [2.75, 3.05) is 11.9 Å². The summed E-state index contributed by atoms with van der Waals surface area (Å²) in [5.41, 5.74) is 8.59. The highest BCUT2D eigenvalue weighted by molar-refractivity contribution is 7.99. The predicted molar refractivity (Wildman–Crippen MR) is 116 cm³/mol. The highest BCUT2D eigenvalue weighted by Crippen LogP contribution is 2.31. The third-order valence-electron chi connectivity index (χ3n) is 4.17. The van der Waals surface area contributed by atoms with Crippen molar-refractivity contribution in [1.29, 1.82) is 0 Å². The van der Waals surface area contributed by atoms with E-state index >= 15 is 0 Å². The molecule has 0 spiro atoms. The maximum Gasteiger partial charge on any atom is 0.259 e. The van der Waals surface area contributed by atoms with Crippen molar-refractivity contribution < 1.29 is 14.3 Å². The molecule has 0 saturated heterocycles. The molecule has 0 saturated carbocycles. The van der Waals surface area contributed by atoms with Crippen LogP contribution in [0, 0.1) is 13.8 Å². The summed E-state index contributed by atoms with van der Waals surface area (Å²) >= 11 is 1.68. The van der Waals surface area contributed by atoms with Crippen LogP contribution in [0.4, 0.5) is 5.69 Å². The van der Waals surface area contributed by atoms with E-state index in [1.807, 2.05) is 24.3 Å². The third-order valence-corrected chi connectivity index (χ3v) is 5.36. The number of para-hydroxylation sites is 1. The molecule has 0 aromatic heterocycles. The first-order valence-corrected chi connectivity index (χ1v) is 9.90. The largest absolute Gasteiger partial charge is 0.483 e. The molecule has 6 heteroatoms. The topological polar surface area (TPSA) is 81.4 Å². The first kappa shape index (κ1) is 20.5. The molecule has 3 aromatic carbocycles. The van der Waals surface area contributed by atoms with E-state index in [9.17, 15) is 9.59 Å². The fraction of sp³-hybridized carbons (Fsp3) is 0.130. The molecule has 0 aliphatic carbocycles. The van der Waals surface area contributed by atoms with E-state index in [-0.39, 0.29) is 12.5 Å². The van der Waals surface area contributed by atoms with Gasteiger partial charge in [-0.05, 0) is 61.9 Å². The summed E-state index contributed by atoms with van der Waals surface area (Å²) in [6.07, 6.45) is 0. The number of aryl methyl sites for hydroxylation is 2. The van der Waals surface area contributed by atoms with Crippen LogP contribution in [0.25, 0.3) is 0 Å². The Balaban J connectivity index is 1.68. The van der Waals surface area contributed by atoms with E-state index in [0.29, 0.717) is 17.0 Å². The first-order chi connectivity index (χ1) is 13.9. The van der Waals surface area contributed by atoms with Gasteiger partial charge in [0.15, 0.2) is 6.61 Å². The Morgan fingerprint density at radius 3 is 2.41 bits per heavy atom. The van der Waals surface area contributed by atoms with Crippen LogP contribution in [0.2, 0.25) is 0 Å². The molecule has 0 aliphatic rings. The second-order valence-corrected chi connectivity index (χ2v) is 7.72. The average Bonchev–Trinajstić information content (AvgIpc) is 2.70. The van der Waals surface area contributed by atoms with Crippen LogP contribution < -0.4 is 15.8 Å². The highest BCUT2D eigenvalue weighted by Gasteiger charge is 2.13. The summed E-state index contributed by atoms with van der Waals surface area (Å²) in [5, 5.41) is 2.85. The number of ether oxygens (including phenoxy) is 1. The molecule has 3 rings (SSSR count).